The highest BCUT2D eigenvalue weighted by Gasteiger charge is 2.18. The number of thiazole rings is 1. The van der Waals surface area contributed by atoms with Gasteiger partial charge >= 0.3 is 0 Å². The highest BCUT2D eigenvalue weighted by molar-refractivity contribution is 7.13. The van der Waals surface area contributed by atoms with E-state index in [1.807, 2.05) is 13.0 Å². The van der Waals surface area contributed by atoms with Crippen LogP contribution in [0.4, 0.5) is 4.39 Å². The van der Waals surface area contributed by atoms with E-state index in [1.54, 1.807) is 13.8 Å². The van der Waals surface area contributed by atoms with Gasteiger partial charge in [0, 0.05) is 6.20 Å². The number of nitrogens with zero attached hydrogens (tertiary/aromatic N) is 1. The van der Waals surface area contributed by atoms with Crippen LogP contribution in [0.15, 0.2) is 18.3 Å². The van der Waals surface area contributed by atoms with Crippen LogP contribution in [0.2, 0.25) is 0 Å². The molecule has 0 aliphatic carbocycles. The van der Waals surface area contributed by atoms with Crippen molar-refractivity contribution in [2.75, 3.05) is 0 Å². The second-order valence-corrected chi connectivity index (χ2v) is 5.25. The summed E-state index contributed by atoms with van der Waals surface area (Å²) in [6.07, 6.45) is 1.50. The zero-order valence-corrected chi connectivity index (χ0v) is 10.7. The smallest absolute Gasteiger partial charge is 0.207 e. The second kappa shape index (κ2) is 4.37. The number of carbonyl (C=O) groups is 1. The minimum atomic E-state index is -0.460. The van der Waals surface area contributed by atoms with E-state index in [9.17, 15) is 9.18 Å². The van der Waals surface area contributed by atoms with Gasteiger partial charge < -0.3 is 0 Å². The van der Waals surface area contributed by atoms with Crippen LogP contribution in [0, 0.1) is 26.6 Å². The lowest BCUT2D eigenvalue weighted by atomic mass is 10.0. The van der Waals surface area contributed by atoms with E-state index < -0.39 is 5.82 Å². The van der Waals surface area contributed by atoms with E-state index in [4.69, 9.17) is 0 Å². The van der Waals surface area contributed by atoms with Crippen LogP contribution in [0.25, 0.3) is 0 Å². The Morgan fingerprint density at radius 3 is 2.53 bits per heavy atom. The zero-order valence-electron chi connectivity index (χ0n) is 9.87. The monoisotopic (exact) mass is 249 g/mol. The van der Waals surface area contributed by atoms with Crippen molar-refractivity contribution in [3.63, 3.8) is 0 Å². The summed E-state index contributed by atoms with van der Waals surface area (Å²) >= 11 is 1.28. The van der Waals surface area contributed by atoms with E-state index >= 15 is 0 Å². The average Bonchev–Trinajstić information content (AvgIpc) is 2.63. The van der Waals surface area contributed by atoms with Gasteiger partial charge in [-0.3, -0.25) is 4.79 Å². The predicted molar refractivity (Wildman–Crippen MR) is 66.2 cm³/mol. The van der Waals surface area contributed by atoms with Gasteiger partial charge in [-0.25, -0.2) is 9.37 Å². The Morgan fingerprint density at radius 1 is 1.29 bits per heavy atom. The molecule has 0 saturated heterocycles. The summed E-state index contributed by atoms with van der Waals surface area (Å²) in [7, 11) is 0. The van der Waals surface area contributed by atoms with Crippen molar-refractivity contribution in [3.05, 3.63) is 50.7 Å². The maximum atomic E-state index is 13.8. The molecule has 2 aromatic rings. The van der Waals surface area contributed by atoms with Crippen LogP contribution >= 0.6 is 11.3 Å². The topological polar surface area (TPSA) is 30.0 Å². The molecular formula is C13H12FNOS. The number of ketones is 1. The van der Waals surface area contributed by atoms with E-state index in [1.165, 1.54) is 23.6 Å². The van der Waals surface area contributed by atoms with Crippen LogP contribution in [0.5, 0.6) is 0 Å². The third kappa shape index (κ3) is 2.26. The van der Waals surface area contributed by atoms with Gasteiger partial charge in [0.1, 0.15) is 5.82 Å². The molecule has 0 aliphatic heterocycles. The Bertz CT molecular complexity index is 566. The number of hydrogen-bond donors (Lipinski definition) is 0. The molecule has 4 heteroatoms. The molecular weight excluding hydrogens is 237 g/mol. The van der Waals surface area contributed by atoms with Crippen molar-refractivity contribution < 1.29 is 9.18 Å². The van der Waals surface area contributed by atoms with Crippen molar-refractivity contribution in [2.24, 2.45) is 0 Å². The van der Waals surface area contributed by atoms with Gasteiger partial charge in [-0.1, -0.05) is 6.07 Å². The minimum absolute atomic E-state index is 0.152. The molecule has 0 unspecified atom stereocenters. The fraction of sp³-hybridized carbons (Fsp3) is 0.231. The maximum Gasteiger partial charge on any atom is 0.207 e. The molecule has 17 heavy (non-hydrogen) atoms. The quantitative estimate of drug-likeness (QED) is 0.763. The van der Waals surface area contributed by atoms with Crippen molar-refractivity contribution in [2.45, 2.75) is 20.8 Å². The largest absolute Gasteiger partial charge is 0.288 e. The van der Waals surface area contributed by atoms with Crippen molar-refractivity contribution >= 4 is 17.1 Å². The first-order valence-electron chi connectivity index (χ1n) is 5.23. The first kappa shape index (κ1) is 11.9. The Hall–Kier alpha value is -1.55. The molecule has 0 saturated carbocycles. The molecule has 0 bridgehead atoms. The predicted octanol–water partition coefficient (Wildman–Crippen LogP) is 3.44. The Labute approximate surface area is 103 Å². The van der Waals surface area contributed by atoms with Crippen LogP contribution in [-0.2, 0) is 0 Å². The summed E-state index contributed by atoms with van der Waals surface area (Å²) in [6, 6.07) is 3.19. The lowest BCUT2D eigenvalue weighted by molar-refractivity contribution is 0.103. The van der Waals surface area contributed by atoms with Gasteiger partial charge in [-0.05, 0) is 38.0 Å². The van der Waals surface area contributed by atoms with Crippen molar-refractivity contribution in [3.8, 4) is 0 Å². The van der Waals surface area contributed by atoms with Crippen LogP contribution < -0.4 is 0 Å². The lowest BCUT2D eigenvalue weighted by Gasteiger charge is -2.06. The number of benzene rings is 1. The molecule has 0 aliphatic rings. The number of carbonyl (C=O) groups excluding carboxylic acids is 1. The van der Waals surface area contributed by atoms with E-state index in [-0.39, 0.29) is 11.3 Å². The molecule has 0 amide bonds. The molecule has 0 atom stereocenters. The number of rotatable bonds is 2. The normalized spacial score (nSPS) is 10.6. The van der Waals surface area contributed by atoms with Gasteiger partial charge in [0.25, 0.3) is 0 Å². The van der Waals surface area contributed by atoms with Gasteiger partial charge in [0.05, 0.1) is 15.4 Å². The molecule has 0 spiro atoms. The summed E-state index contributed by atoms with van der Waals surface area (Å²) in [6.45, 7) is 5.37. The molecule has 1 aromatic carbocycles. The van der Waals surface area contributed by atoms with E-state index in [2.05, 4.69) is 4.98 Å². The molecule has 2 rings (SSSR count). The first-order chi connectivity index (χ1) is 7.99. The summed E-state index contributed by atoms with van der Waals surface area (Å²) in [4.78, 5) is 16.6. The summed E-state index contributed by atoms with van der Waals surface area (Å²) < 4.78 is 13.8. The third-order valence-electron chi connectivity index (χ3n) is 2.50. The number of halogens is 1. The van der Waals surface area contributed by atoms with Gasteiger partial charge in [-0.2, -0.15) is 0 Å². The standard InChI is InChI=1S/C13H12FNOS/c1-7-4-8(2)12(10(14)5-7)13(16)11-6-15-9(3)17-11/h4-6H,1-3H3. The molecule has 0 fully saturated rings. The summed E-state index contributed by atoms with van der Waals surface area (Å²) in [5.41, 5.74) is 1.63. The summed E-state index contributed by atoms with van der Waals surface area (Å²) in [5, 5.41) is 0.804. The molecule has 2 nitrogen and oxygen atoms in total. The SMILES string of the molecule is Cc1cc(C)c(C(=O)c2cnc(C)s2)c(F)c1. The fourth-order valence-electron chi connectivity index (χ4n) is 1.79. The Morgan fingerprint density at radius 2 is 2.00 bits per heavy atom. The Balaban J connectivity index is 2.51. The summed E-state index contributed by atoms with van der Waals surface area (Å²) in [5.74, 6) is -0.746. The fourth-order valence-corrected chi connectivity index (χ4v) is 2.52. The van der Waals surface area contributed by atoms with Crippen LogP contribution in [0.3, 0.4) is 0 Å². The highest BCUT2D eigenvalue weighted by atomic mass is 32.1. The number of aryl methyl sites for hydroxylation is 3. The lowest BCUT2D eigenvalue weighted by Crippen LogP contribution is -2.05. The van der Waals surface area contributed by atoms with Crippen molar-refractivity contribution in [1.82, 2.24) is 4.98 Å². The third-order valence-corrected chi connectivity index (χ3v) is 3.42. The minimum Gasteiger partial charge on any atom is -0.288 e. The first-order valence-corrected chi connectivity index (χ1v) is 6.04. The molecule has 0 N–H and O–H groups in total. The second-order valence-electron chi connectivity index (χ2n) is 4.01. The molecule has 0 radical (unpaired) electrons. The van der Waals surface area contributed by atoms with Crippen LogP contribution in [-0.4, -0.2) is 10.8 Å². The molecule has 1 heterocycles. The van der Waals surface area contributed by atoms with Crippen molar-refractivity contribution in [1.29, 1.82) is 0 Å². The average molecular weight is 249 g/mol. The van der Waals surface area contributed by atoms with E-state index in [0.717, 1.165) is 10.6 Å². The van der Waals surface area contributed by atoms with Crippen LogP contribution in [0.1, 0.15) is 31.4 Å². The highest BCUT2D eigenvalue weighted by Crippen LogP contribution is 2.22. The zero-order chi connectivity index (χ0) is 12.6. The Kier molecular flexibility index (Phi) is 3.07. The molecule has 88 valence electrons. The van der Waals surface area contributed by atoms with Gasteiger partial charge in [-0.15, -0.1) is 11.3 Å². The van der Waals surface area contributed by atoms with E-state index in [0.29, 0.717) is 10.4 Å². The maximum absolute atomic E-state index is 13.8. The molecule has 1 aromatic heterocycles. The van der Waals surface area contributed by atoms with Gasteiger partial charge in [0.15, 0.2) is 0 Å². The van der Waals surface area contributed by atoms with Gasteiger partial charge in [0.2, 0.25) is 5.78 Å². The number of aromatic nitrogens is 1. The number of hydrogen-bond acceptors (Lipinski definition) is 3.